The smallest absolute Gasteiger partial charge is 0.170 e. The third-order valence-corrected chi connectivity index (χ3v) is 2.74. The summed E-state index contributed by atoms with van der Waals surface area (Å²) in [7, 11) is 0. The van der Waals surface area contributed by atoms with Gasteiger partial charge in [0, 0.05) is 5.56 Å². The van der Waals surface area contributed by atoms with Crippen molar-refractivity contribution in [1.82, 2.24) is 0 Å². The summed E-state index contributed by atoms with van der Waals surface area (Å²) in [5.74, 6) is 0. The van der Waals surface area contributed by atoms with E-state index in [-0.39, 0.29) is 6.04 Å². The van der Waals surface area contributed by atoms with Gasteiger partial charge >= 0.3 is 0 Å². The Morgan fingerprint density at radius 2 is 2.23 bits per heavy atom. The van der Waals surface area contributed by atoms with Crippen molar-refractivity contribution in [3.05, 3.63) is 33.8 Å². The van der Waals surface area contributed by atoms with Crippen molar-refractivity contribution in [3.63, 3.8) is 0 Å². The van der Waals surface area contributed by atoms with Crippen LogP contribution in [0.2, 0.25) is 10.0 Å². The predicted octanol–water partition coefficient (Wildman–Crippen LogP) is 3.09. The Morgan fingerprint density at radius 3 is 2.92 bits per heavy atom. The number of rotatable bonds is 1. The summed E-state index contributed by atoms with van der Waals surface area (Å²) in [5, 5.41) is 1.12. The molecular formula is C9H7Cl2NO. The Labute approximate surface area is 86.1 Å². The van der Waals surface area contributed by atoms with Crippen LogP contribution in [-0.4, -0.2) is 13.0 Å². The standard InChI is InChI=1S/C9H7Cl2NO/c10-7-3-1-2-6(9(7)11)8-4-13-5-12-8/h1-3,5,8H,4H2/t8-/m1/s1. The van der Waals surface area contributed by atoms with E-state index in [2.05, 4.69) is 4.99 Å². The minimum Gasteiger partial charge on any atom is -0.481 e. The molecule has 1 aromatic rings. The monoisotopic (exact) mass is 215 g/mol. The molecular weight excluding hydrogens is 209 g/mol. The zero-order valence-corrected chi connectivity index (χ0v) is 8.22. The highest BCUT2D eigenvalue weighted by atomic mass is 35.5. The molecule has 0 saturated heterocycles. The molecule has 0 aromatic heterocycles. The lowest BCUT2D eigenvalue weighted by Crippen LogP contribution is -1.98. The first-order chi connectivity index (χ1) is 6.29. The SMILES string of the molecule is Clc1cccc([C@H]2COC=N2)c1Cl. The highest BCUT2D eigenvalue weighted by molar-refractivity contribution is 6.42. The molecule has 0 fully saturated rings. The van der Waals surface area contributed by atoms with Crippen LogP contribution in [0, 0.1) is 0 Å². The van der Waals surface area contributed by atoms with E-state index in [4.69, 9.17) is 27.9 Å². The van der Waals surface area contributed by atoms with Crippen molar-refractivity contribution in [2.45, 2.75) is 6.04 Å². The quantitative estimate of drug-likeness (QED) is 0.706. The summed E-state index contributed by atoms with van der Waals surface area (Å²) in [4.78, 5) is 4.12. The fourth-order valence-electron chi connectivity index (χ4n) is 1.24. The summed E-state index contributed by atoms with van der Waals surface area (Å²) in [6, 6.07) is 5.51. The average Bonchev–Trinajstić information content (AvgIpc) is 2.62. The fourth-order valence-corrected chi connectivity index (χ4v) is 1.68. The molecule has 0 N–H and O–H groups in total. The molecule has 1 aromatic carbocycles. The summed E-state index contributed by atoms with van der Waals surface area (Å²) >= 11 is 11.9. The van der Waals surface area contributed by atoms with Gasteiger partial charge in [0.25, 0.3) is 0 Å². The Balaban J connectivity index is 2.39. The van der Waals surface area contributed by atoms with Gasteiger partial charge in [-0.3, -0.25) is 0 Å². The predicted molar refractivity (Wildman–Crippen MR) is 53.6 cm³/mol. The van der Waals surface area contributed by atoms with Crippen LogP contribution in [0.5, 0.6) is 0 Å². The molecule has 2 rings (SSSR count). The van der Waals surface area contributed by atoms with Crippen LogP contribution in [-0.2, 0) is 4.74 Å². The van der Waals surface area contributed by atoms with Gasteiger partial charge in [0.2, 0.25) is 0 Å². The van der Waals surface area contributed by atoms with Crippen LogP contribution in [0.1, 0.15) is 11.6 Å². The molecule has 1 atom stereocenters. The Bertz CT molecular complexity index is 351. The first-order valence-electron chi connectivity index (χ1n) is 3.86. The second kappa shape index (κ2) is 3.56. The summed E-state index contributed by atoms with van der Waals surface area (Å²) in [6.45, 7) is 0.542. The number of hydrogen-bond acceptors (Lipinski definition) is 2. The topological polar surface area (TPSA) is 21.6 Å². The summed E-state index contributed by atoms with van der Waals surface area (Å²) in [6.07, 6.45) is 1.45. The van der Waals surface area contributed by atoms with E-state index in [0.717, 1.165) is 5.56 Å². The van der Waals surface area contributed by atoms with Crippen LogP contribution in [0.4, 0.5) is 0 Å². The normalized spacial score (nSPS) is 20.3. The lowest BCUT2D eigenvalue weighted by atomic mass is 10.1. The lowest BCUT2D eigenvalue weighted by molar-refractivity contribution is 0.330. The maximum absolute atomic E-state index is 6.01. The Hall–Kier alpha value is -0.730. The number of aliphatic imine (C=N–C) groups is 1. The van der Waals surface area contributed by atoms with Crippen LogP contribution in [0.25, 0.3) is 0 Å². The maximum atomic E-state index is 6.01. The summed E-state index contributed by atoms with van der Waals surface area (Å²) < 4.78 is 5.01. The van der Waals surface area contributed by atoms with E-state index in [1.807, 2.05) is 12.1 Å². The van der Waals surface area contributed by atoms with Crippen molar-refractivity contribution in [1.29, 1.82) is 0 Å². The van der Waals surface area contributed by atoms with Gasteiger partial charge in [0.05, 0.1) is 10.0 Å². The molecule has 0 aliphatic carbocycles. The van der Waals surface area contributed by atoms with Crippen molar-refractivity contribution in [2.24, 2.45) is 4.99 Å². The van der Waals surface area contributed by atoms with Gasteiger partial charge < -0.3 is 4.74 Å². The highest BCUT2D eigenvalue weighted by Gasteiger charge is 2.18. The Kier molecular flexibility index (Phi) is 2.42. The van der Waals surface area contributed by atoms with Gasteiger partial charge in [0.15, 0.2) is 6.40 Å². The molecule has 0 unspecified atom stereocenters. The minimum atomic E-state index is -0.00815. The number of hydrogen-bond donors (Lipinski definition) is 0. The largest absolute Gasteiger partial charge is 0.481 e. The van der Waals surface area contributed by atoms with Gasteiger partial charge in [-0.1, -0.05) is 35.3 Å². The van der Waals surface area contributed by atoms with Crippen molar-refractivity contribution in [3.8, 4) is 0 Å². The number of ether oxygens (including phenoxy) is 1. The highest BCUT2D eigenvalue weighted by Crippen LogP contribution is 2.32. The van der Waals surface area contributed by atoms with Crippen molar-refractivity contribution < 1.29 is 4.74 Å². The van der Waals surface area contributed by atoms with Gasteiger partial charge in [-0.25, -0.2) is 4.99 Å². The van der Waals surface area contributed by atoms with E-state index >= 15 is 0 Å². The van der Waals surface area contributed by atoms with E-state index in [0.29, 0.717) is 16.7 Å². The molecule has 1 heterocycles. The molecule has 0 saturated carbocycles. The molecule has 0 spiro atoms. The van der Waals surface area contributed by atoms with E-state index in [9.17, 15) is 0 Å². The van der Waals surface area contributed by atoms with Gasteiger partial charge in [-0.15, -0.1) is 0 Å². The van der Waals surface area contributed by atoms with Crippen LogP contribution >= 0.6 is 23.2 Å². The van der Waals surface area contributed by atoms with Gasteiger partial charge in [-0.05, 0) is 6.07 Å². The average molecular weight is 216 g/mol. The molecule has 1 aliphatic rings. The Morgan fingerprint density at radius 1 is 1.38 bits per heavy atom. The van der Waals surface area contributed by atoms with Crippen LogP contribution < -0.4 is 0 Å². The molecule has 68 valence electrons. The first kappa shape index (κ1) is 8.85. The second-order valence-corrected chi connectivity index (χ2v) is 3.53. The van der Waals surface area contributed by atoms with E-state index in [1.54, 1.807) is 6.07 Å². The maximum Gasteiger partial charge on any atom is 0.170 e. The minimum absolute atomic E-state index is 0.00815. The zero-order valence-electron chi connectivity index (χ0n) is 6.71. The van der Waals surface area contributed by atoms with E-state index in [1.165, 1.54) is 6.40 Å². The third-order valence-electron chi connectivity index (χ3n) is 1.91. The van der Waals surface area contributed by atoms with Gasteiger partial charge in [0.1, 0.15) is 12.6 Å². The molecule has 0 bridgehead atoms. The van der Waals surface area contributed by atoms with Gasteiger partial charge in [-0.2, -0.15) is 0 Å². The molecule has 13 heavy (non-hydrogen) atoms. The first-order valence-corrected chi connectivity index (χ1v) is 4.62. The molecule has 2 nitrogen and oxygen atoms in total. The molecule has 1 aliphatic heterocycles. The van der Waals surface area contributed by atoms with Crippen molar-refractivity contribution >= 4 is 29.6 Å². The number of benzene rings is 1. The molecule has 0 amide bonds. The molecule has 4 heteroatoms. The summed E-state index contributed by atoms with van der Waals surface area (Å²) in [5.41, 5.74) is 0.919. The lowest BCUT2D eigenvalue weighted by Gasteiger charge is -2.08. The number of nitrogens with zero attached hydrogens (tertiary/aromatic N) is 1. The third kappa shape index (κ3) is 1.64. The second-order valence-electron chi connectivity index (χ2n) is 2.75. The van der Waals surface area contributed by atoms with E-state index < -0.39 is 0 Å². The number of halogens is 2. The fraction of sp³-hybridized carbons (Fsp3) is 0.222. The van der Waals surface area contributed by atoms with Crippen LogP contribution in [0.15, 0.2) is 23.2 Å². The molecule has 0 radical (unpaired) electrons. The van der Waals surface area contributed by atoms with Crippen LogP contribution in [0.3, 0.4) is 0 Å². The van der Waals surface area contributed by atoms with Crippen molar-refractivity contribution in [2.75, 3.05) is 6.61 Å². The zero-order chi connectivity index (χ0) is 9.26.